The molecule has 3 rings (SSSR count). The number of benzene rings is 1. The van der Waals surface area contributed by atoms with Gasteiger partial charge in [-0.1, -0.05) is 6.07 Å². The lowest BCUT2D eigenvalue weighted by Gasteiger charge is -2.32. The minimum Gasteiger partial charge on any atom is -0.490 e. The molecule has 0 bridgehead atoms. The van der Waals surface area contributed by atoms with Gasteiger partial charge in [-0.05, 0) is 51.3 Å². The van der Waals surface area contributed by atoms with Gasteiger partial charge in [0.15, 0.2) is 17.5 Å². The summed E-state index contributed by atoms with van der Waals surface area (Å²) in [5.41, 5.74) is 1.22. The standard InChI is InChI=1S/C23H38N4O3/c1-4-24-23(27-12-10-20(18-27)26-13-15-28-16-14-26)25-11-9-19-7-8-21(29-5-2)22(17-19)30-6-3/h7-8,17,20H,4-6,9-16,18H2,1-3H3,(H,24,25). The lowest BCUT2D eigenvalue weighted by molar-refractivity contribution is 0.0195. The van der Waals surface area contributed by atoms with Gasteiger partial charge >= 0.3 is 0 Å². The molecule has 2 aliphatic rings. The Morgan fingerprint density at radius 1 is 1.10 bits per heavy atom. The first-order valence-corrected chi connectivity index (χ1v) is 11.5. The van der Waals surface area contributed by atoms with E-state index in [1.165, 1.54) is 12.0 Å². The maximum absolute atomic E-state index is 5.75. The van der Waals surface area contributed by atoms with Gasteiger partial charge in [0.05, 0.1) is 26.4 Å². The summed E-state index contributed by atoms with van der Waals surface area (Å²) in [6.45, 7) is 14.9. The Balaban J connectivity index is 1.57. The number of guanidine groups is 1. The molecule has 1 aromatic rings. The molecule has 2 saturated heterocycles. The average Bonchev–Trinajstić information content (AvgIpc) is 3.26. The molecule has 0 radical (unpaired) electrons. The summed E-state index contributed by atoms with van der Waals surface area (Å²) in [6.07, 6.45) is 2.07. The smallest absolute Gasteiger partial charge is 0.193 e. The van der Waals surface area contributed by atoms with Crippen LogP contribution in [0.2, 0.25) is 0 Å². The van der Waals surface area contributed by atoms with E-state index in [1.54, 1.807) is 0 Å². The topological polar surface area (TPSA) is 58.6 Å². The molecule has 0 saturated carbocycles. The maximum atomic E-state index is 5.75. The minimum absolute atomic E-state index is 0.609. The van der Waals surface area contributed by atoms with Crippen LogP contribution in [-0.4, -0.2) is 87.5 Å². The second kappa shape index (κ2) is 12.0. The van der Waals surface area contributed by atoms with Crippen LogP contribution in [0.4, 0.5) is 0 Å². The predicted octanol–water partition coefficient (Wildman–Crippen LogP) is 2.40. The molecule has 1 aromatic carbocycles. The third-order valence-corrected chi connectivity index (χ3v) is 5.63. The van der Waals surface area contributed by atoms with Crippen molar-refractivity contribution in [3.63, 3.8) is 0 Å². The van der Waals surface area contributed by atoms with Crippen LogP contribution in [0.5, 0.6) is 11.5 Å². The molecular weight excluding hydrogens is 380 g/mol. The number of hydrogen-bond donors (Lipinski definition) is 1. The molecule has 1 N–H and O–H groups in total. The summed E-state index contributed by atoms with van der Waals surface area (Å²) >= 11 is 0. The summed E-state index contributed by atoms with van der Waals surface area (Å²) in [7, 11) is 0. The molecule has 1 unspecified atom stereocenters. The number of nitrogens with one attached hydrogen (secondary N) is 1. The van der Waals surface area contributed by atoms with E-state index in [0.29, 0.717) is 19.3 Å². The van der Waals surface area contributed by atoms with Crippen LogP contribution >= 0.6 is 0 Å². The first-order chi connectivity index (χ1) is 14.7. The van der Waals surface area contributed by atoms with Crippen molar-refractivity contribution in [2.45, 2.75) is 39.7 Å². The highest BCUT2D eigenvalue weighted by Gasteiger charge is 2.30. The van der Waals surface area contributed by atoms with Gasteiger partial charge in [-0.2, -0.15) is 0 Å². The molecule has 0 aromatic heterocycles. The average molecular weight is 419 g/mol. The van der Waals surface area contributed by atoms with Gasteiger partial charge < -0.3 is 24.4 Å². The maximum Gasteiger partial charge on any atom is 0.193 e. The first-order valence-electron chi connectivity index (χ1n) is 11.5. The second-order valence-corrected chi connectivity index (χ2v) is 7.67. The van der Waals surface area contributed by atoms with Crippen molar-refractivity contribution in [2.24, 2.45) is 4.99 Å². The number of morpholine rings is 1. The van der Waals surface area contributed by atoms with Crippen molar-refractivity contribution in [3.8, 4) is 11.5 Å². The van der Waals surface area contributed by atoms with Crippen LogP contribution in [0.1, 0.15) is 32.8 Å². The van der Waals surface area contributed by atoms with Crippen molar-refractivity contribution in [1.29, 1.82) is 0 Å². The van der Waals surface area contributed by atoms with Crippen LogP contribution in [0, 0.1) is 0 Å². The van der Waals surface area contributed by atoms with Gasteiger partial charge in [0.25, 0.3) is 0 Å². The van der Waals surface area contributed by atoms with Crippen LogP contribution in [0.3, 0.4) is 0 Å². The number of rotatable bonds is 9. The van der Waals surface area contributed by atoms with Gasteiger partial charge in [-0.3, -0.25) is 9.89 Å². The van der Waals surface area contributed by atoms with Gasteiger partial charge in [-0.25, -0.2) is 0 Å². The molecule has 0 spiro atoms. The van der Waals surface area contributed by atoms with E-state index in [9.17, 15) is 0 Å². The van der Waals surface area contributed by atoms with Crippen molar-refractivity contribution >= 4 is 5.96 Å². The second-order valence-electron chi connectivity index (χ2n) is 7.67. The SMILES string of the molecule is CCNC(=NCCc1ccc(OCC)c(OCC)c1)N1CCC(N2CCOCC2)C1. The molecule has 0 aliphatic carbocycles. The minimum atomic E-state index is 0.609. The van der Waals surface area contributed by atoms with E-state index < -0.39 is 0 Å². The molecular formula is C23H38N4O3. The van der Waals surface area contributed by atoms with Gasteiger partial charge in [0, 0.05) is 45.3 Å². The van der Waals surface area contributed by atoms with Crippen LogP contribution in [-0.2, 0) is 11.2 Å². The number of likely N-dealkylation sites (tertiary alicyclic amines) is 1. The summed E-state index contributed by atoms with van der Waals surface area (Å²) in [5, 5.41) is 3.48. The van der Waals surface area contributed by atoms with Gasteiger partial charge in [0.1, 0.15) is 0 Å². The molecule has 7 nitrogen and oxygen atoms in total. The van der Waals surface area contributed by atoms with E-state index >= 15 is 0 Å². The molecule has 30 heavy (non-hydrogen) atoms. The third-order valence-electron chi connectivity index (χ3n) is 5.63. The largest absolute Gasteiger partial charge is 0.490 e. The van der Waals surface area contributed by atoms with E-state index in [-0.39, 0.29) is 0 Å². The fraction of sp³-hybridized carbons (Fsp3) is 0.696. The molecule has 2 aliphatic heterocycles. The van der Waals surface area contributed by atoms with Crippen molar-refractivity contribution in [2.75, 3.05) is 65.7 Å². The van der Waals surface area contributed by atoms with E-state index in [0.717, 1.165) is 76.4 Å². The summed E-state index contributed by atoms with van der Waals surface area (Å²) < 4.78 is 16.9. The molecule has 2 fully saturated rings. The lowest BCUT2D eigenvalue weighted by atomic mass is 10.1. The fourth-order valence-electron chi connectivity index (χ4n) is 4.14. The van der Waals surface area contributed by atoms with E-state index in [2.05, 4.69) is 34.2 Å². The Kier molecular flexibility index (Phi) is 9.08. The number of hydrogen-bond acceptors (Lipinski definition) is 5. The summed E-state index contributed by atoms with van der Waals surface area (Å²) in [5.74, 6) is 2.66. The van der Waals surface area contributed by atoms with Crippen LogP contribution < -0.4 is 14.8 Å². The van der Waals surface area contributed by atoms with Crippen LogP contribution in [0.25, 0.3) is 0 Å². The summed E-state index contributed by atoms with van der Waals surface area (Å²) in [4.78, 5) is 9.90. The highest BCUT2D eigenvalue weighted by atomic mass is 16.5. The summed E-state index contributed by atoms with van der Waals surface area (Å²) in [6, 6.07) is 6.81. The molecule has 7 heteroatoms. The number of ether oxygens (including phenoxy) is 3. The van der Waals surface area contributed by atoms with Crippen LogP contribution in [0.15, 0.2) is 23.2 Å². The zero-order valence-corrected chi connectivity index (χ0v) is 18.9. The Morgan fingerprint density at radius 2 is 1.87 bits per heavy atom. The quantitative estimate of drug-likeness (QED) is 0.491. The third kappa shape index (κ3) is 6.25. The van der Waals surface area contributed by atoms with Crippen molar-refractivity contribution in [3.05, 3.63) is 23.8 Å². The Morgan fingerprint density at radius 3 is 2.60 bits per heavy atom. The molecule has 1 atom stereocenters. The van der Waals surface area contributed by atoms with E-state index in [4.69, 9.17) is 19.2 Å². The molecule has 0 amide bonds. The van der Waals surface area contributed by atoms with Crippen molar-refractivity contribution in [1.82, 2.24) is 15.1 Å². The fourth-order valence-corrected chi connectivity index (χ4v) is 4.14. The zero-order valence-electron chi connectivity index (χ0n) is 18.9. The number of aliphatic imine (C=N–C) groups is 1. The van der Waals surface area contributed by atoms with Crippen molar-refractivity contribution < 1.29 is 14.2 Å². The number of nitrogens with zero attached hydrogens (tertiary/aromatic N) is 3. The Bertz CT molecular complexity index is 676. The van der Waals surface area contributed by atoms with Gasteiger partial charge in [0.2, 0.25) is 0 Å². The van der Waals surface area contributed by atoms with E-state index in [1.807, 2.05) is 19.9 Å². The molecule has 2 heterocycles. The van der Waals surface area contributed by atoms with Gasteiger partial charge in [-0.15, -0.1) is 0 Å². The molecule has 168 valence electrons. The first kappa shape index (κ1) is 22.7. The highest BCUT2D eigenvalue weighted by molar-refractivity contribution is 5.80. The highest BCUT2D eigenvalue weighted by Crippen LogP contribution is 2.28. The lowest BCUT2D eigenvalue weighted by Crippen LogP contribution is -2.46. The predicted molar refractivity (Wildman–Crippen MR) is 121 cm³/mol. The Labute approximate surface area is 181 Å². The normalized spacial score (nSPS) is 20.4. The zero-order chi connectivity index (χ0) is 21.2. The Hall–Kier alpha value is -1.99. The monoisotopic (exact) mass is 418 g/mol.